The molecule has 0 spiro atoms. The minimum Gasteiger partial charge on any atom is -0.464 e. The molecule has 1 aromatic heterocycles. The minimum atomic E-state index is -0.583. The van der Waals surface area contributed by atoms with Crippen molar-refractivity contribution in [3.8, 4) is 0 Å². The summed E-state index contributed by atoms with van der Waals surface area (Å²) < 4.78 is 18.6. The first kappa shape index (κ1) is 13.7. The summed E-state index contributed by atoms with van der Waals surface area (Å²) in [6, 6.07) is 6.64. The van der Waals surface area contributed by atoms with Crippen LogP contribution in [-0.4, -0.2) is 28.8 Å². The smallest absolute Gasteiger partial charge is 0.356 e. The number of esters is 1. The fourth-order valence-corrected chi connectivity index (χ4v) is 1.60. The van der Waals surface area contributed by atoms with Crippen LogP contribution in [0.15, 0.2) is 30.3 Å². The molecule has 7 heteroatoms. The van der Waals surface area contributed by atoms with E-state index < -0.39 is 17.7 Å². The number of hydrogen-bond acceptors (Lipinski definition) is 4. The Morgan fingerprint density at radius 1 is 1.30 bits per heavy atom. The van der Waals surface area contributed by atoms with Gasteiger partial charge in [0.15, 0.2) is 5.69 Å². The van der Waals surface area contributed by atoms with Gasteiger partial charge in [-0.25, -0.2) is 9.18 Å². The molecular weight excluding hydrogens is 265 g/mol. The predicted octanol–water partition coefficient (Wildman–Crippen LogP) is 1.60. The molecule has 2 aromatic rings. The number of aromatic nitrogens is 2. The van der Waals surface area contributed by atoms with Crippen molar-refractivity contribution < 1.29 is 18.7 Å². The molecule has 1 N–H and O–H groups in total. The molecule has 0 aliphatic rings. The second-order valence-corrected chi connectivity index (χ2v) is 3.99. The van der Waals surface area contributed by atoms with Crippen molar-refractivity contribution in [2.45, 2.75) is 0 Å². The predicted molar refractivity (Wildman–Crippen MR) is 68.9 cm³/mol. The summed E-state index contributed by atoms with van der Waals surface area (Å²) in [7, 11) is 2.77. The van der Waals surface area contributed by atoms with Crippen LogP contribution in [0.4, 0.5) is 10.1 Å². The van der Waals surface area contributed by atoms with Crippen LogP contribution >= 0.6 is 0 Å². The minimum absolute atomic E-state index is 0.0669. The Hall–Kier alpha value is -2.70. The molecule has 0 unspecified atom stereocenters. The Morgan fingerprint density at radius 2 is 1.95 bits per heavy atom. The molecule has 0 bridgehead atoms. The van der Waals surface area contributed by atoms with Crippen LogP contribution in [0.1, 0.15) is 21.0 Å². The molecule has 0 radical (unpaired) electrons. The summed E-state index contributed by atoms with van der Waals surface area (Å²) in [4.78, 5) is 23.4. The van der Waals surface area contributed by atoms with Crippen LogP contribution < -0.4 is 5.32 Å². The van der Waals surface area contributed by atoms with Gasteiger partial charge >= 0.3 is 5.97 Å². The van der Waals surface area contributed by atoms with Crippen LogP contribution in [0.25, 0.3) is 0 Å². The molecule has 1 amide bonds. The highest BCUT2D eigenvalue weighted by Gasteiger charge is 2.17. The second-order valence-electron chi connectivity index (χ2n) is 3.99. The summed E-state index contributed by atoms with van der Waals surface area (Å²) in [5.74, 6) is -1.47. The van der Waals surface area contributed by atoms with Crippen LogP contribution in [0.5, 0.6) is 0 Å². The topological polar surface area (TPSA) is 73.2 Å². The van der Waals surface area contributed by atoms with Gasteiger partial charge in [0.2, 0.25) is 0 Å². The number of rotatable bonds is 3. The number of nitrogens with zero attached hydrogens (tertiary/aromatic N) is 2. The standard InChI is InChI=1S/C13H12FN3O3/c1-17-11(13(19)20-2)7-10(16-17)12(18)15-9-5-3-8(14)4-6-9/h3-7H,1-2H3,(H,15,18). The number of halogens is 1. The van der Waals surface area contributed by atoms with Gasteiger partial charge < -0.3 is 10.1 Å². The zero-order chi connectivity index (χ0) is 14.7. The molecule has 1 aromatic carbocycles. The van der Waals surface area contributed by atoms with Crippen LogP contribution in [-0.2, 0) is 11.8 Å². The second kappa shape index (κ2) is 5.52. The molecule has 6 nitrogen and oxygen atoms in total. The van der Waals surface area contributed by atoms with Crippen LogP contribution in [0.2, 0.25) is 0 Å². The average molecular weight is 277 g/mol. The van der Waals surface area contributed by atoms with E-state index in [0.717, 1.165) is 0 Å². The van der Waals surface area contributed by atoms with Crippen molar-refractivity contribution in [1.29, 1.82) is 0 Å². The Bertz CT molecular complexity index is 649. The van der Waals surface area contributed by atoms with Crippen molar-refractivity contribution in [3.63, 3.8) is 0 Å². The van der Waals surface area contributed by atoms with Gasteiger partial charge in [-0.15, -0.1) is 0 Å². The highest BCUT2D eigenvalue weighted by Crippen LogP contribution is 2.11. The van der Waals surface area contributed by atoms with Crippen LogP contribution in [0.3, 0.4) is 0 Å². The SMILES string of the molecule is COC(=O)c1cc(C(=O)Nc2ccc(F)cc2)nn1C. The van der Waals surface area contributed by atoms with E-state index in [1.54, 1.807) is 0 Å². The number of methoxy groups -OCH3 is 1. The molecule has 0 saturated heterocycles. The number of anilines is 1. The highest BCUT2D eigenvalue weighted by molar-refractivity contribution is 6.04. The van der Waals surface area contributed by atoms with E-state index >= 15 is 0 Å². The summed E-state index contributed by atoms with van der Waals surface area (Å²) in [6.45, 7) is 0. The monoisotopic (exact) mass is 277 g/mol. The van der Waals surface area contributed by atoms with E-state index in [9.17, 15) is 14.0 Å². The van der Waals surface area contributed by atoms with Gasteiger partial charge in [0, 0.05) is 18.8 Å². The molecule has 20 heavy (non-hydrogen) atoms. The summed E-state index contributed by atoms with van der Waals surface area (Å²) in [6.07, 6.45) is 0. The van der Waals surface area contributed by atoms with E-state index in [1.165, 1.54) is 49.2 Å². The Kier molecular flexibility index (Phi) is 3.79. The maximum atomic E-state index is 12.8. The lowest BCUT2D eigenvalue weighted by atomic mass is 10.3. The van der Waals surface area contributed by atoms with E-state index in [2.05, 4.69) is 15.2 Å². The third kappa shape index (κ3) is 2.82. The average Bonchev–Trinajstić information content (AvgIpc) is 2.82. The molecule has 0 saturated carbocycles. The number of carbonyl (C=O) groups excluding carboxylic acids is 2. The normalized spacial score (nSPS) is 10.2. The number of ether oxygens (including phenoxy) is 1. The lowest BCUT2D eigenvalue weighted by Gasteiger charge is -2.02. The number of benzene rings is 1. The first-order valence-corrected chi connectivity index (χ1v) is 5.70. The fourth-order valence-electron chi connectivity index (χ4n) is 1.60. The Balaban J connectivity index is 2.17. The van der Waals surface area contributed by atoms with Gasteiger partial charge in [-0.1, -0.05) is 0 Å². The zero-order valence-electron chi connectivity index (χ0n) is 10.9. The van der Waals surface area contributed by atoms with Crippen LogP contribution in [0, 0.1) is 5.82 Å². The molecular formula is C13H12FN3O3. The first-order valence-electron chi connectivity index (χ1n) is 5.70. The Morgan fingerprint density at radius 3 is 2.55 bits per heavy atom. The zero-order valence-corrected chi connectivity index (χ0v) is 10.9. The van der Waals surface area contributed by atoms with Crippen molar-refractivity contribution >= 4 is 17.6 Å². The van der Waals surface area contributed by atoms with Gasteiger partial charge in [-0.2, -0.15) is 5.10 Å². The summed E-state index contributed by atoms with van der Waals surface area (Å²) >= 11 is 0. The van der Waals surface area contributed by atoms with Gasteiger partial charge in [0.25, 0.3) is 5.91 Å². The van der Waals surface area contributed by atoms with E-state index in [1.807, 2.05) is 0 Å². The highest BCUT2D eigenvalue weighted by atomic mass is 19.1. The number of aryl methyl sites for hydroxylation is 1. The largest absolute Gasteiger partial charge is 0.464 e. The van der Waals surface area contributed by atoms with E-state index in [-0.39, 0.29) is 11.4 Å². The number of carbonyl (C=O) groups is 2. The van der Waals surface area contributed by atoms with E-state index in [4.69, 9.17) is 0 Å². The van der Waals surface area contributed by atoms with Crippen molar-refractivity contribution in [3.05, 3.63) is 47.5 Å². The summed E-state index contributed by atoms with van der Waals surface area (Å²) in [5.41, 5.74) is 0.663. The number of nitrogens with one attached hydrogen (secondary N) is 1. The van der Waals surface area contributed by atoms with Gasteiger partial charge in [-0.05, 0) is 24.3 Å². The molecule has 2 rings (SSSR count). The number of amides is 1. The number of hydrogen-bond donors (Lipinski definition) is 1. The van der Waals surface area contributed by atoms with Crippen molar-refractivity contribution in [2.24, 2.45) is 7.05 Å². The van der Waals surface area contributed by atoms with Gasteiger partial charge in [-0.3, -0.25) is 9.48 Å². The molecule has 0 aliphatic carbocycles. The third-order valence-electron chi connectivity index (χ3n) is 2.61. The molecule has 1 heterocycles. The van der Waals surface area contributed by atoms with Gasteiger partial charge in [0.1, 0.15) is 11.5 Å². The van der Waals surface area contributed by atoms with Gasteiger partial charge in [0.05, 0.1) is 7.11 Å². The van der Waals surface area contributed by atoms with Crippen molar-refractivity contribution in [2.75, 3.05) is 12.4 Å². The maximum absolute atomic E-state index is 12.8. The molecule has 0 aliphatic heterocycles. The Labute approximate surface area is 114 Å². The molecule has 0 atom stereocenters. The lowest BCUT2D eigenvalue weighted by Crippen LogP contribution is -2.12. The van der Waals surface area contributed by atoms with Crippen molar-refractivity contribution in [1.82, 2.24) is 9.78 Å². The third-order valence-corrected chi connectivity index (χ3v) is 2.61. The van der Waals surface area contributed by atoms with E-state index in [0.29, 0.717) is 5.69 Å². The molecule has 104 valence electrons. The fraction of sp³-hybridized carbons (Fsp3) is 0.154. The quantitative estimate of drug-likeness (QED) is 0.865. The maximum Gasteiger partial charge on any atom is 0.356 e. The summed E-state index contributed by atoms with van der Waals surface area (Å²) in [5, 5.41) is 6.47. The molecule has 0 fully saturated rings. The first-order chi connectivity index (χ1) is 9.51. The lowest BCUT2D eigenvalue weighted by molar-refractivity contribution is 0.0588.